The zero-order valence-electron chi connectivity index (χ0n) is 13.1. The summed E-state index contributed by atoms with van der Waals surface area (Å²) in [5, 5.41) is 9.91. The van der Waals surface area contributed by atoms with Gasteiger partial charge >= 0.3 is 5.97 Å². The summed E-state index contributed by atoms with van der Waals surface area (Å²) in [4.78, 5) is 22.9. The predicted molar refractivity (Wildman–Crippen MR) is 91.8 cm³/mol. The first-order chi connectivity index (χ1) is 10.9. The van der Waals surface area contributed by atoms with Crippen molar-refractivity contribution >= 4 is 27.7 Å². The summed E-state index contributed by atoms with van der Waals surface area (Å²) in [6.45, 7) is 4.85. The molecule has 5 nitrogen and oxygen atoms in total. The molecule has 2 aromatic rings. The summed E-state index contributed by atoms with van der Waals surface area (Å²) in [6, 6.07) is 9.48. The van der Waals surface area contributed by atoms with Gasteiger partial charge in [-0.15, -0.1) is 0 Å². The lowest BCUT2D eigenvalue weighted by Gasteiger charge is -2.26. The molecule has 3 rings (SSSR count). The molecule has 1 aromatic heterocycles. The van der Waals surface area contributed by atoms with E-state index in [1.54, 1.807) is 0 Å². The van der Waals surface area contributed by atoms with E-state index in [0.29, 0.717) is 25.3 Å². The average molecular weight is 376 g/mol. The third-order valence-corrected chi connectivity index (χ3v) is 4.83. The van der Waals surface area contributed by atoms with Crippen LogP contribution in [0.5, 0.6) is 0 Å². The van der Waals surface area contributed by atoms with Gasteiger partial charge in [0.15, 0.2) is 0 Å². The van der Waals surface area contributed by atoms with Crippen LogP contribution in [-0.4, -0.2) is 34.1 Å². The highest BCUT2D eigenvalue weighted by Crippen LogP contribution is 2.37. The Morgan fingerprint density at radius 1 is 1.30 bits per heavy atom. The molecule has 1 aliphatic heterocycles. The first-order valence-corrected chi connectivity index (χ1v) is 8.27. The molecular formula is C17H18BrN3O2. The zero-order chi connectivity index (χ0) is 16.6. The standard InChI is InChI=1S/C17H18BrN3O2/c1-11-8-15(20-12(2)19-11)21-7-6-17(10-21,16(22)23)13-4-3-5-14(18)9-13/h3-5,8-9H,6-7,10H2,1-2H3,(H,22,23). The predicted octanol–water partition coefficient (Wildman–Crippen LogP) is 3.09. The number of rotatable bonds is 3. The number of nitrogens with zero attached hydrogens (tertiary/aromatic N) is 3. The molecule has 1 atom stereocenters. The van der Waals surface area contributed by atoms with Crippen LogP contribution in [0.1, 0.15) is 23.5 Å². The molecule has 1 N–H and O–H groups in total. The maximum absolute atomic E-state index is 12.1. The van der Waals surface area contributed by atoms with Crippen molar-refractivity contribution in [3.05, 3.63) is 51.9 Å². The summed E-state index contributed by atoms with van der Waals surface area (Å²) in [5.41, 5.74) is 0.809. The number of aryl methyl sites for hydroxylation is 2. The summed E-state index contributed by atoms with van der Waals surface area (Å²) < 4.78 is 0.891. The highest BCUT2D eigenvalue weighted by atomic mass is 79.9. The Balaban J connectivity index is 1.98. The van der Waals surface area contributed by atoms with E-state index >= 15 is 0 Å². The Labute approximate surface area is 143 Å². The fourth-order valence-corrected chi connectivity index (χ4v) is 3.58. The van der Waals surface area contributed by atoms with Crippen molar-refractivity contribution in [1.82, 2.24) is 9.97 Å². The first kappa shape index (κ1) is 15.9. The molecule has 120 valence electrons. The molecule has 1 aromatic carbocycles. The van der Waals surface area contributed by atoms with Crippen LogP contribution >= 0.6 is 15.9 Å². The van der Waals surface area contributed by atoms with Gasteiger partial charge in [-0.1, -0.05) is 28.1 Å². The van der Waals surface area contributed by atoms with Gasteiger partial charge < -0.3 is 10.0 Å². The molecule has 1 unspecified atom stereocenters. The van der Waals surface area contributed by atoms with E-state index in [2.05, 4.69) is 25.9 Å². The van der Waals surface area contributed by atoms with Gasteiger partial charge in [0.2, 0.25) is 0 Å². The molecule has 6 heteroatoms. The molecule has 0 amide bonds. The molecule has 0 spiro atoms. The van der Waals surface area contributed by atoms with Gasteiger partial charge in [0.1, 0.15) is 17.1 Å². The van der Waals surface area contributed by atoms with Crippen LogP contribution < -0.4 is 4.90 Å². The van der Waals surface area contributed by atoms with E-state index in [0.717, 1.165) is 21.5 Å². The van der Waals surface area contributed by atoms with Crippen molar-refractivity contribution in [2.24, 2.45) is 0 Å². The van der Waals surface area contributed by atoms with E-state index in [1.807, 2.05) is 49.1 Å². The summed E-state index contributed by atoms with van der Waals surface area (Å²) in [7, 11) is 0. The first-order valence-electron chi connectivity index (χ1n) is 7.47. The van der Waals surface area contributed by atoms with Crippen molar-refractivity contribution in [1.29, 1.82) is 0 Å². The monoisotopic (exact) mass is 375 g/mol. The Bertz CT molecular complexity index is 745. The minimum absolute atomic E-state index is 0.411. The second-order valence-electron chi connectivity index (χ2n) is 5.98. The third kappa shape index (κ3) is 2.95. The minimum atomic E-state index is -0.906. The van der Waals surface area contributed by atoms with Crippen LogP contribution in [0.2, 0.25) is 0 Å². The number of carboxylic acids is 1. The van der Waals surface area contributed by atoms with Crippen LogP contribution in [0, 0.1) is 13.8 Å². The van der Waals surface area contributed by atoms with Crippen LogP contribution in [-0.2, 0) is 10.2 Å². The smallest absolute Gasteiger partial charge is 0.316 e. The zero-order valence-corrected chi connectivity index (χ0v) is 14.7. The lowest BCUT2D eigenvalue weighted by atomic mass is 9.80. The fraction of sp³-hybridized carbons (Fsp3) is 0.353. The van der Waals surface area contributed by atoms with E-state index in [9.17, 15) is 9.90 Å². The van der Waals surface area contributed by atoms with Gasteiger partial charge in [-0.2, -0.15) is 0 Å². The number of hydrogen-bond acceptors (Lipinski definition) is 4. The topological polar surface area (TPSA) is 66.3 Å². The van der Waals surface area contributed by atoms with Crippen LogP contribution in [0.3, 0.4) is 0 Å². The van der Waals surface area contributed by atoms with Gasteiger partial charge in [-0.05, 0) is 38.0 Å². The molecule has 0 bridgehead atoms. The fourth-order valence-electron chi connectivity index (χ4n) is 3.18. The number of halogens is 1. The molecule has 1 fully saturated rings. The Hall–Kier alpha value is -1.95. The molecular weight excluding hydrogens is 358 g/mol. The largest absolute Gasteiger partial charge is 0.481 e. The lowest BCUT2D eigenvalue weighted by molar-refractivity contribution is -0.143. The van der Waals surface area contributed by atoms with Gasteiger partial charge in [0, 0.05) is 29.3 Å². The van der Waals surface area contributed by atoms with Crippen LogP contribution in [0.25, 0.3) is 0 Å². The maximum Gasteiger partial charge on any atom is 0.316 e. The highest BCUT2D eigenvalue weighted by molar-refractivity contribution is 9.10. The SMILES string of the molecule is Cc1cc(N2CCC(C(=O)O)(c3cccc(Br)c3)C2)nc(C)n1. The Morgan fingerprint density at radius 3 is 2.74 bits per heavy atom. The number of aromatic nitrogens is 2. The van der Waals surface area contributed by atoms with Crippen molar-refractivity contribution < 1.29 is 9.90 Å². The van der Waals surface area contributed by atoms with Crippen LogP contribution in [0.15, 0.2) is 34.8 Å². The number of benzene rings is 1. The van der Waals surface area contributed by atoms with Gasteiger partial charge in [0.05, 0.1) is 0 Å². The van der Waals surface area contributed by atoms with Gasteiger partial charge in [-0.25, -0.2) is 9.97 Å². The summed E-state index contributed by atoms with van der Waals surface area (Å²) >= 11 is 3.43. The molecule has 0 radical (unpaired) electrons. The number of aliphatic carboxylic acids is 1. The third-order valence-electron chi connectivity index (χ3n) is 4.33. The number of carboxylic acid groups (broad SMARTS) is 1. The molecule has 0 saturated carbocycles. The summed E-state index contributed by atoms with van der Waals surface area (Å²) in [6.07, 6.45) is 0.556. The maximum atomic E-state index is 12.1. The Kier molecular flexibility index (Phi) is 4.10. The van der Waals surface area contributed by atoms with Crippen molar-refractivity contribution in [3.63, 3.8) is 0 Å². The highest BCUT2D eigenvalue weighted by Gasteiger charge is 2.46. The van der Waals surface area contributed by atoms with Gasteiger partial charge in [-0.3, -0.25) is 4.79 Å². The van der Waals surface area contributed by atoms with Crippen molar-refractivity contribution in [3.8, 4) is 0 Å². The van der Waals surface area contributed by atoms with Crippen LogP contribution in [0.4, 0.5) is 5.82 Å². The number of anilines is 1. The molecule has 0 aliphatic carbocycles. The van der Waals surface area contributed by atoms with Crippen molar-refractivity contribution in [2.75, 3.05) is 18.0 Å². The molecule has 1 saturated heterocycles. The average Bonchev–Trinajstić information content (AvgIpc) is 2.93. The Morgan fingerprint density at radius 2 is 2.09 bits per heavy atom. The van der Waals surface area contributed by atoms with E-state index in [1.165, 1.54) is 0 Å². The number of carbonyl (C=O) groups is 1. The van der Waals surface area contributed by atoms with E-state index < -0.39 is 11.4 Å². The van der Waals surface area contributed by atoms with E-state index in [-0.39, 0.29) is 0 Å². The molecule has 2 heterocycles. The number of hydrogen-bond donors (Lipinski definition) is 1. The second-order valence-corrected chi connectivity index (χ2v) is 6.90. The molecule has 23 heavy (non-hydrogen) atoms. The molecule has 1 aliphatic rings. The minimum Gasteiger partial charge on any atom is -0.481 e. The van der Waals surface area contributed by atoms with Crippen molar-refractivity contribution in [2.45, 2.75) is 25.7 Å². The van der Waals surface area contributed by atoms with Gasteiger partial charge in [0.25, 0.3) is 0 Å². The summed E-state index contributed by atoms with van der Waals surface area (Å²) in [5.74, 6) is 0.712. The lowest BCUT2D eigenvalue weighted by Crippen LogP contribution is -2.39. The van der Waals surface area contributed by atoms with E-state index in [4.69, 9.17) is 0 Å². The quantitative estimate of drug-likeness (QED) is 0.892. The second kappa shape index (κ2) is 5.92. The normalized spacial score (nSPS) is 20.7.